The summed E-state index contributed by atoms with van der Waals surface area (Å²) in [5.41, 5.74) is 2.56. The fourth-order valence-corrected chi connectivity index (χ4v) is 1.87. The second-order valence-electron chi connectivity index (χ2n) is 4.37. The second-order valence-corrected chi connectivity index (χ2v) is 4.37. The van der Waals surface area contributed by atoms with Gasteiger partial charge >= 0.3 is 0 Å². The molecule has 0 spiro atoms. The first-order chi connectivity index (χ1) is 8.31. The molecule has 2 aromatic rings. The average Bonchev–Trinajstić information content (AvgIpc) is 2.75. The third-order valence-electron chi connectivity index (χ3n) is 3.05. The van der Waals surface area contributed by atoms with Gasteiger partial charge in [-0.15, -0.1) is 0 Å². The summed E-state index contributed by atoms with van der Waals surface area (Å²) in [5.74, 6) is 0. The van der Waals surface area contributed by atoms with E-state index in [1.54, 1.807) is 6.33 Å². The molecule has 1 saturated heterocycles. The molecule has 3 rings (SSSR count). The Balaban J connectivity index is 1.74. The molecular weight excluding hydrogens is 216 g/mol. The summed E-state index contributed by atoms with van der Waals surface area (Å²) in [4.78, 5) is 7.21. The highest BCUT2D eigenvalue weighted by Gasteiger charge is 2.38. The number of nitrogens with one attached hydrogen (secondary N) is 2. The Kier molecular flexibility index (Phi) is 2.23. The van der Waals surface area contributed by atoms with Crippen LogP contribution in [0.2, 0.25) is 0 Å². The molecule has 0 saturated carbocycles. The maximum atomic E-state index is 9.07. The topological polar surface area (TPSA) is 73.7 Å². The molecule has 1 fully saturated rings. The maximum Gasteiger partial charge on any atom is 0.121 e. The van der Waals surface area contributed by atoms with Crippen molar-refractivity contribution in [1.82, 2.24) is 9.97 Å². The van der Waals surface area contributed by atoms with Gasteiger partial charge in [0, 0.05) is 12.2 Å². The van der Waals surface area contributed by atoms with Crippen molar-refractivity contribution in [2.45, 2.75) is 0 Å². The SMILES string of the molecule is N#CC1(CNc2ccc3nc[nH]c3c2)COC1. The third-order valence-corrected chi connectivity index (χ3v) is 3.05. The first-order valence-electron chi connectivity index (χ1n) is 5.47. The number of H-pyrrole nitrogens is 1. The zero-order valence-electron chi connectivity index (χ0n) is 9.23. The van der Waals surface area contributed by atoms with Crippen LogP contribution in [-0.4, -0.2) is 29.7 Å². The predicted molar refractivity (Wildman–Crippen MR) is 63.4 cm³/mol. The Hall–Kier alpha value is -2.06. The van der Waals surface area contributed by atoms with E-state index in [1.807, 2.05) is 18.2 Å². The smallest absolute Gasteiger partial charge is 0.121 e. The van der Waals surface area contributed by atoms with Crippen molar-refractivity contribution in [2.24, 2.45) is 5.41 Å². The molecule has 2 heterocycles. The van der Waals surface area contributed by atoms with E-state index in [0.717, 1.165) is 16.7 Å². The fraction of sp³-hybridized carbons (Fsp3) is 0.333. The van der Waals surface area contributed by atoms with Crippen LogP contribution < -0.4 is 5.32 Å². The molecular formula is C12H12N4O. The van der Waals surface area contributed by atoms with Crippen LogP contribution in [0.15, 0.2) is 24.5 Å². The zero-order chi connectivity index (χ0) is 11.7. The molecule has 17 heavy (non-hydrogen) atoms. The number of rotatable bonds is 3. The number of fused-ring (bicyclic) bond motifs is 1. The molecule has 5 heteroatoms. The van der Waals surface area contributed by atoms with Gasteiger partial charge < -0.3 is 15.0 Å². The van der Waals surface area contributed by atoms with Gasteiger partial charge in [-0.25, -0.2) is 4.98 Å². The van der Waals surface area contributed by atoms with E-state index in [9.17, 15) is 0 Å². The van der Waals surface area contributed by atoms with E-state index in [-0.39, 0.29) is 5.41 Å². The summed E-state index contributed by atoms with van der Waals surface area (Å²) >= 11 is 0. The quantitative estimate of drug-likeness (QED) is 0.835. The van der Waals surface area contributed by atoms with E-state index >= 15 is 0 Å². The first kappa shape index (κ1) is 10.1. The first-order valence-corrected chi connectivity index (χ1v) is 5.47. The number of hydrogen-bond donors (Lipinski definition) is 2. The minimum absolute atomic E-state index is 0.358. The third kappa shape index (κ3) is 1.73. The summed E-state index contributed by atoms with van der Waals surface area (Å²) < 4.78 is 5.10. The molecule has 1 aliphatic heterocycles. The van der Waals surface area contributed by atoms with Gasteiger partial charge in [-0.1, -0.05) is 0 Å². The average molecular weight is 228 g/mol. The van der Waals surface area contributed by atoms with Crippen LogP contribution in [0.25, 0.3) is 11.0 Å². The molecule has 0 radical (unpaired) electrons. The maximum absolute atomic E-state index is 9.07. The zero-order valence-corrected chi connectivity index (χ0v) is 9.23. The molecule has 1 aromatic carbocycles. The number of aromatic amines is 1. The van der Waals surface area contributed by atoms with Gasteiger partial charge in [0.25, 0.3) is 0 Å². The number of nitriles is 1. The van der Waals surface area contributed by atoms with Gasteiger partial charge in [-0.3, -0.25) is 0 Å². The molecule has 0 unspecified atom stereocenters. The van der Waals surface area contributed by atoms with Crippen LogP contribution in [0.5, 0.6) is 0 Å². The van der Waals surface area contributed by atoms with Crippen LogP contribution in [0, 0.1) is 16.7 Å². The molecule has 5 nitrogen and oxygen atoms in total. The molecule has 1 aliphatic rings. The lowest BCUT2D eigenvalue weighted by atomic mass is 9.88. The molecule has 0 atom stereocenters. The predicted octanol–water partition coefficient (Wildman–Crippen LogP) is 1.51. The molecule has 0 aliphatic carbocycles. The molecule has 0 amide bonds. The van der Waals surface area contributed by atoms with Gasteiger partial charge in [0.1, 0.15) is 5.41 Å². The van der Waals surface area contributed by atoms with Gasteiger partial charge in [-0.2, -0.15) is 5.26 Å². The van der Waals surface area contributed by atoms with E-state index in [2.05, 4.69) is 21.4 Å². The second kappa shape index (κ2) is 3.75. The van der Waals surface area contributed by atoms with Crippen molar-refractivity contribution >= 4 is 16.7 Å². The number of anilines is 1. The van der Waals surface area contributed by atoms with Crippen molar-refractivity contribution in [2.75, 3.05) is 25.1 Å². The van der Waals surface area contributed by atoms with Crippen molar-refractivity contribution in [3.05, 3.63) is 24.5 Å². The number of aromatic nitrogens is 2. The van der Waals surface area contributed by atoms with Crippen LogP contribution in [0.4, 0.5) is 5.69 Å². The van der Waals surface area contributed by atoms with E-state index in [1.165, 1.54) is 0 Å². The normalized spacial score (nSPS) is 17.4. The lowest BCUT2D eigenvalue weighted by Gasteiger charge is -2.35. The molecule has 0 bridgehead atoms. The number of hydrogen-bond acceptors (Lipinski definition) is 4. The van der Waals surface area contributed by atoms with Crippen LogP contribution in [0.3, 0.4) is 0 Å². The van der Waals surface area contributed by atoms with Crippen molar-refractivity contribution in [3.8, 4) is 6.07 Å². The highest BCUT2D eigenvalue weighted by Crippen LogP contribution is 2.27. The van der Waals surface area contributed by atoms with Crippen LogP contribution >= 0.6 is 0 Å². The van der Waals surface area contributed by atoms with Gasteiger partial charge in [0.15, 0.2) is 0 Å². The summed E-state index contributed by atoms with van der Waals surface area (Å²) in [6.45, 7) is 1.65. The largest absolute Gasteiger partial charge is 0.383 e. The Bertz CT molecular complexity index is 579. The molecule has 2 N–H and O–H groups in total. The van der Waals surface area contributed by atoms with Gasteiger partial charge in [0.05, 0.1) is 36.6 Å². The van der Waals surface area contributed by atoms with Crippen molar-refractivity contribution in [1.29, 1.82) is 5.26 Å². The van der Waals surface area contributed by atoms with Gasteiger partial charge in [-0.05, 0) is 18.2 Å². The summed E-state index contributed by atoms with van der Waals surface area (Å²) in [6.07, 6.45) is 1.67. The van der Waals surface area contributed by atoms with Crippen LogP contribution in [-0.2, 0) is 4.74 Å². The van der Waals surface area contributed by atoms with E-state index < -0.39 is 0 Å². The van der Waals surface area contributed by atoms with E-state index in [0.29, 0.717) is 19.8 Å². The lowest BCUT2D eigenvalue weighted by molar-refractivity contribution is -0.0690. The molecule has 86 valence electrons. The fourth-order valence-electron chi connectivity index (χ4n) is 1.87. The Morgan fingerprint density at radius 1 is 1.53 bits per heavy atom. The minimum Gasteiger partial charge on any atom is -0.383 e. The van der Waals surface area contributed by atoms with Crippen molar-refractivity contribution < 1.29 is 4.74 Å². The number of imidazole rings is 1. The number of ether oxygens (including phenoxy) is 1. The Labute approximate surface area is 98.4 Å². The minimum atomic E-state index is -0.358. The lowest BCUT2D eigenvalue weighted by Crippen LogP contribution is -2.46. The summed E-state index contributed by atoms with van der Waals surface area (Å²) in [5, 5.41) is 12.3. The molecule has 1 aromatic heterocycles. The van der Waals surface area contributed by atoms with Gasteiger partial charge in [0.2, 0.25) is 0 Å². The Morgan fingerprint density at radius 2 is 2.41 bits per heavy atom. The van der Waals surface area contributed by atoms with Crippen LogP contribution in [0.1, 0.15) is 0 Å². The van der Waals surface area contributed by atoms with E-state index in [4.69, 9.17) is 10.00 Å². The summed E-state index contributed by atoms with van der Waals surface area (Å²) in [6, 6.07) is 8.22. The number of nitrogens with zero attached hydrogens (tertiary/aromatic N) is 2. The standard InChI is InChI=1S/C12H12N4O/c13-4-12(6-17-7-12)5-14-9-1-2-10-11(3-9)16-8-15-10/h1-3,8,14H,5-7H2,(H,15,16). The highest BCUT2D eigenvalue weighted by atomic mass is 16.5. The number of benzene rings is 1. The highest BCUT2D eigenvalue weighted by molar-refractivity contribution is 5.78. The Morgan fingerprint density at radius 3 is 3.12 bits per heavy atom. The summed E-state index contributed by atoms with van der Waals surface area (Å²) in [7, 11) is 0. The van der Waals surface area contributed by atoms with Crippen molar-refractivity contribution in [3.63, 3.8) is 0 Å². The monoisotopic (exact) mass is 228 g/mol.